The first-order valence-corrected chi connectivity index (χ1v) is 6.68. The molecule has 4 nitrogen and oxygen atoms in total. The lowest BCUT2D eigenvalue weighted by molar-refractivity contribution is -0.134. The van der Waals surface area contributed by atoms with Crippen molar-refractivity contribution >= 4 is 5.91 Å². The van der Waals surface area contributed by atoms with E-state index in [1.54, 1.807) is 12.0 Å². The van der Waals surface area contributed by atoms with Crippen molar-refractivity contribution < 1.29 is 18.7 Å². The maximum absolute atomic E-state index is 12.8. The second-order valence-corrected chi connectivity index (χ2v) is 4.97. The molecule has 0 aliphatic heterocycles. The first-order chi connectivity index (χ1) is 9.52. The van der Waals surface area contributed by atoms with Crippen molar-refractivity contribution in [3.8, 4) is 5.75 Å². The molecule has 0 saturated heterocycles. The molecule has 0 radical (unpaired) electrons. The van der Waals surface area contributed by atoms with Gasteiger partial charge in [0, 0.05) is 20.2 Å². The van der Waals surface area contributed by atoms with Crippen LogP contribution in [0.2, 0.25) is 0 Å². The lowest BCUT2D eigenvalue weighted by Gasteiger charge is -2.24. The van der Waals surface area contributed by atoms with Crippen molar-refractivity contribution in [2.24, 2.45) is 5.92 Å². The van der Waals surface area contributed by atoms with Crippen LogP contribution in [0.1, 0.15) is 13.8 Å². The van der Waals surface area contributed by atoms with Gasteiger partial charge in [0.1, 0.15) is 11.6 Å². The van der Waals surface area contributed by atoms with E-state index in [4.69, 9.17) is 9.47 Å². The molecule has 0 saturated carbocycles. The summed E-state index contributed by atoms with van der Waals surface area (Å²) in [6.45, 7) is 5.74. The number of ether oxygens (including phenoxy) is 2. The summed E-state index contributed by atoms with van der Waals surface area (Å²) in [7, 11) is 1.60. The average Bonchev–Trinajstić information content (AvgIpc) is 2.42. The summed E-state index contributed by atoms with van der Waals surface area (Å²) in [5.74, 6) is 0.433. The van der Waals surface area contributed by atoms with Gasteiger partial charge in [-0.1, -0.05) is 13.8 Å². The zero-order chi connectivity index (χ0) is 15.0. The summed E-state index contributed by atoms with van der Waals surface area (Å²) in [5, 5.41) is 0. The summed E-state index contributed by atoms with van der Waals surface area (Å²) in [6, 6.07) is 5.61. The molecule has 0 bridgehead atoms. The van der Waals surface area contributed by atoms with E-state index in [-0.39, 0.29) is 18.3 Å². The van der Waals surface area contributed by atoms with Crippen molar-refractivity contribution in [2.75, 3.05) is 33.4 Å². The molecular formula is C15H22FNO3. The molecule has 1 aromatic carbocycles. The molecule has 0 unspecified atom stereocenters. The van der Waals surface area contributed by atoms with Gasteiger partial charge in [-0.3, -0.25) is 4.79 Å². The molecule has 112 valence electrons. The summed E-state index contributed by atoms with van der Waals surface area (Å²) >= 11 is 0. The molecule has 0 atom stereocenters. The van der Waals surface area contributed by atoms with Crippen molar-refractivity contribution in [3.63, 3.8) is 0 Å². The third kappa shape index (κ3) is 6.02. The van der Waals surface area contributed by atoms with Crippen LogP contribution in [-0.4, -0.2) is 44.2 Å². The third-order valence-corrected chi connectivity index (χ3v) is 2.68. The molecule has 0 heterocycles. The van der Waals surface area contributed by atoms with Gasteiger partial charge in [0.15, 0.2) is 6.61 Å². The monoisotopic (exact) mass is 283 g/mol. The second kappa shape index (κ2) is 8.53. The molecule has 1 amide bonds. The van der Waals surface area contributed by atoms with Crippen LogP contribution in [0.15, 0.2) is 24.3 Å². The van der Waals surface area contributed by atoms with Gasteiger partial charge in [-0.15, -0.1) is 0 Å². The van der Waals surface area contributed by atoms with Crippen LogP contribution in [0.5, 0.6) is 5.75 Å². The summed E-state index contributed by atoms with van der Waals surface area (Å²) in [5.41, 5.74) is 0. The Morgan fingerprint density at radius 3 is 2.50 bits per heavy atom. The van der Waals surface area contributed by atoms with Gasteiger partial charge < -0.3 is 14.4 Å². The SMILES string of the molecule is COCCN(CC(C)C)C(=O)COc1ccc(F)cc1. The quantitative estimate of drug-likeness (QED) is 0.735. The fourth-order valence-corrected chi connectivity index (χ4v) is 1.73. The number of halogens is 1. The largest absolute Gasteiger partial charge is 0.484 e. The van der Waals surface area contributed by atoms with Gasteiger partial charge in [0.2, 0.25) is 0 Å². The predicted molar refractivity (Wildman–Crippen MR) is 75.2 cm³/mol. The number of rotatable bonds is 8. The van der Waals surface area contributed by atoms with Gasteiger partial charge in [0.05, 0.1) is 6.61 Å². The van der Waals surface area contributed by atoms with E-state index in [1.807, 2.05) is 13.8 Å². The summed E-state index contributed by atoms with van der Waals surface area (Å²) in [4.78, 5) is 13.8. The molecule has 0 aliphatic carbocycles. The Kier molecular flexibility index (Phi) is 7.01. The zero-order valence-electron chi connectivity index (χ0n) is 12.3. The molecule has 1 aromatic rings. The number of nitrogens with zero attached hydrogens (tertiary/aromatic N) is 1. The molecule has 20 heavy (non-hydrogen) atoms. The Labute approximate surface area is 119 Å². The number of hydrogen-bond donors (Lipinski definition) is 0. The molecule has 0 fully saturated rings. The molecule has 0 aliphatic rings. The van der Waals surface area contributed by atoms with Crippen LogP contribution >= 0.6 is 0 Å². The summed E-state index contributed by atoms with van der Waals surface area (Å²) < 4.78 is 23.1. The molecule has 0 spiro atoms. The highest BCUT2D eigenvalue weighted by Gasteiger charge is 2.15. The summed E-state index contributed by atoms with van der Waals surface area (Å²) in [6.07, 6.45) is 0. The Balaban J connectivity index is 2.49. The molecule has 5 heteroatoms. The van der Waals surface area contributed by atoms with Crippen LogP contribution in [0.3, 0.4) is 0 Å². The molecule has 0 N–H and O–H groups in total. The number of amides is 1. The second-order valence-electron chi connectivity index (χ2n) is 4.97. The van der Waals surface area contributed by atoms with Gasteiger partial charge >= 0.3 is 0 Å². The number of carbonyl (C=O) groups is 1. The Hall–Kier alpha value is -1.62. The van der Waals surface area contributed by atoms with Crippen LogP contribution < -0.4 is 4.74 Å². The first kappa shape index (κ1) is 16.4. The van der Waals surface area contributed by atoms with Crippen molar-refractivity contribution in [1.29, 1.82) is 0 Å². The minimum Gasteiger partial charge on any atom is -0.484 e. The number of methoxy groups -OCH3 is 1. The highest BCUT2D eigenvalue weighted by molar-refractivity contribution is 5.77. The van der Waals surface area contributed by atoms with Crippen LogP contribution in [0.4, 0.5) is 4.39 Å². The Morgan fingerprint density at radius 2 is 1.95 bits per heavy atom. The van der Waals surface area contributed by atoms with Gasteiger partial charge in [-0.2, -0.15) is 0 Å². The van der Waals surface area contributed by atoms with E-state index in [2.05, 4.69) is 0 Å². The third-order valence-electron chi connectivity index (χ3n) is 2.68. The van der Waals surface area contributed by atoms with E-state index < -0.39 is 0 Å². The van der Waals surface area contributed by atoms with E-state index in [0.29, 0.717) is 31.4 Å². The number of carbonyl (C=O) groups excluding carboxylic acids is 1. The van der Waals surface area contributed by atoms with Crippen LogP contribution in [0.25, 0.3) is 0 Å². The maximum atomic E-state index is 12.8. The van der Waals surface area contributed by atoms with Gasteiger partial charge in [-0.25, -0.2) is 4.39 Å². The Morgan fingerprint density at radius 1 is 1.30 bits per heavy atom. The standard InChI is InChI=1S/C15H22FNO3/c1-12(2)10-17(8-9-19-3)15(18)11-20-14-6-4-13(16)5-7-14/h4-7,12H,8-11H2,1-3H3. The normalized spacial score (nSPS) is 10.7. The molecule has 1 rings (SSSR count). The Bertz CT molecular complexity index is 406. The van der Waals surface area contributed by atoms with E-state index >= 15 is 0 Å². The maximum Gasteiger partial charge on any atom is 0.260 e. The van der Waals surface area contributed by atoms with Crippen molar-refractivity contribution in [1.82, 2.24) is 4.90 Å². The minimum absolute atomic E-state index is 0.0535. The zero-order valence-corrected chi connectivity index (χ0v) is 12.3. The highest BCUT2D eigenvalue weighted by Crippen LogP contribution is 2.11. The van der Waals surface area contributed by atoms with E-state index in [0.717, 1.165) is 0 Å². The molecular weight excluding hydrogens is 261 g/mol. The average molecular weight is 283 g/mol. The number of hydrogen-bond acceptors (Lipinski definition) is 3. The lowest BCUT2D eigenvalue weighted by Crippen LogP contribution is -2.39. The first-order valence-electron chi connectivity index (χ1n) is 6.68. The van der Waals surface area contributed by atoms with Crippen LogP contribution in [-0.2, 0) is 9.53 Å². The lowest BCUT2D eigenvalue weighted by atomic mass is 10.2. The van der Waals surface area contributed by atoms with Crippen LogP contribution in [0, 0.1) is 11.7 Å². The predicted octanol–water partition coefficient (Wildman–Crippen LogP) is 2.34. The molecule has 0 aromatic heterocycles. The fraction of sp³-hybridized carbons (Fsp3) is 0.533. The van der Waals surface area contributed by atoms with E-state index in [1.165, 1.54) is 24.3 Å². The highest BCUT2D eigenvalue weighted by atomic mass is 19.1. The smallest absolute Gasteiger partial charge is 0.260 e. The minimum atomic E-state index is -0.329. The topological polar surface area (TPSA) is 38.8 Å². The number of benzene rings is 1. The van der Waals surface area contributed by atoms with Crippen molar-refractivity contribution in [3.05, 3.63) is 30.1 Å². The van der Waals surface area contributed by atoms with Gasteiger partial charge in [-0.05, 0) is 30.2 Å². The van der Waals surface area contributed by atoms with Gasteiger partial charge in [0.25, 0.3) is 5.91 Å². The van der Waals surface area contributed by atoms with Crippen molar-refractivity contribution in [2.45, 2.75) is 13.8 Å². The van der Waals surface area contributed by atoms with E-state index in [9.17, 15) is 9.18 Å². The fourth-order valence-electron chi connectivity index (χ4n) is 1.73.